The number of fused-ring (bicyclic) bond motifs is 1. The molecule has 0 radical (unpaired) electrons. The van der Waals surface area contributed by atoms with Crippen LogP contribution >= 0.6 is 0 Å². The fourth-order valence-electron chi connectivity index (χ4n) is 2.13. The molecule has 0 saturated heterocycles. The average molecular weight is 271 g/mol. The summed E-state index contributed by atoms with van der Waals surface area (Å²) in [6.07, 6.45) is -0.283. The zero-order chi connectivity index (χ0) is 14.7. The van der Waals surface area contributed by atoms with Gasteiger partial charge in [-0.05, 0) is 24.8 Å². The second-order valence-electron chi connectivity index (χ2n) is 4.64. The number of ketones is 1. The highest BCUT2D eigenvalue weighted by molar-refractivity contribution is 6.04. The highest BCUT2D eigenvalue weighted by Gasteiger charge is 2.20. The molecule has 2 rings (SSSR count). The molecule has 104 valence electrons. The van der Waals surface area contributed by atoms with Crippen molar-refractivity contribution in [1.82, 2.24) is 0 Å². The molecule has 1 amide bonds. The molecule has 2 aromatic rings. The minimum Gasteiger partial charge on any atom is -0.479 e. The number of hydrogen-bond donors (Lipinski definition) is 1. The molecular formula is C16H17NO3. The molecule has 1 unspecified atom stereocenters. The summed E-state index contributed by atoms with van der Waals surface area (Å²) in [4.78, 5) is 23.1. The van der Waals surface area contributed by atoms with E-state index in [4.69, 9.17) is 10.5 Å². The van der Waals surface area contributed by atoms with Crippen LogP contribution in [0.25, 0.3) is 10.8 Å². The number of carbonyl (C=O) groups is 2. The fraction of sp³-hybridized carbons (Fsp3) is 0.250. The SMILES string of the molecule is CCC(Oc1c(C(C)=O)ccc2ccccc12)C(N)=O. The maximum Gasteiger partial charge on any atom is 0.258 e. The Morgan fingerprint density at radius 3 is 2.50 bits per heavy atom. The van der Waals surface area contributed by atoms with Gasteiger partial charge in [0.2, 0.25) is 0 Å². The quantitative estimate of drug-likeness (QED) is 0.850. The van der Waals surface area contributed by atoms with Gasteiger partial charge >= 0.3 is 0 Å². The zero-order valence-corrected chi connectivity index (χ0v) is 11.6. The largest absolute Gasteiger partial charge is 0.479 e. The van der Waals surface area contributed by atoms with Crippen LogP contribution in [-0.2, 0) is 4.79 Å². The number of ether oxygens (including phenoxy) is 1. The Morgan fingerprint density at radius 1 is 1.20 bits per heavy atom. The first kappa shape index (κ1) is 14.1. The van der Waals surface area contributed by atoms with Crippen LogP contribution in [0, 0.1) is 0 Å². The zero-order valence-electron chi connectivity index (χ0n) is 11.6. The first-order chi connectivity index (χ1) is 9.54. The van der Waals surface area contributed by atoms with E-state index < -0.39 is 12.0 Å². The lowest BCUT2D eigenvalue weighted by Crippen LogP contribution is -2.33. The predicted octanol–water partition coefficient (Wildman–Crippen LogP) is 2.69. The summed E-state index contributed by atoms with van der Waals surface area (Å²) < 4.78 is 5.74. The van der Waals surface area contributed by atoms with Gasteiger partial charge < -0.3 is 10.5 Å². The third-order valence-corrected chi connectivity index (χ3v) is 3.21. The van der Waals surface area contributed by atoms with E-state index in [1.54, 1.807) is 6.07 Å². The molecule has 0 fully saturated rings. The summed E-state index contributed by atoms with van der Waals surface area (Å²) >= 11 is 0. The molecule has 0 aliphatic rings. The first-order valence-electron chi connectivity index (χ1n) is 6.53. The summed E-state index contributed by atoms with van der Waals surface area (Å²) in [5.74, 6) is -0.207. The Labute approximate surface area is 117 Å². The Kier molecular flexibility index (Phi) is 4.03. The second-order valence-corrected chi connectivity index (χ2v) is 4.64. The Hall–Kier alpha value is -2.36. The predicted molar refractivity (Wildman–Crippen MR) is 77.9 cm³/mol. The summed E-state index contributed by atoms with van der Waals surface area (Å²) in [6, 6.07) is 11.1. The highest BCUT2D eigenvalue weighted by atomic mass is 16.5. The van der Waals surface area contributed by atoms with Crippen molar-refractivity contribution in [3.63, 3.8) is 0 Å². The molecule has 1 atom stereocenters. The maximum atomic E-state index is 11.8. The van der Waals surface area contributed by atoms with Crippen molar-refractivity contribution in [3.05, 3.63) is 42.0 Å². The summed E-state index contributed by atoms with van der Waals surface area (Å²) in [7, 11) is 0. The molecule has 4 heteroatoms. The van der Waals surface area contributed by atoms with Gasteiger partial charge in [-0.1, -0.05) is 37.3 Å². The number of nitrogens with two attached hydrogens (primary N) is 1. The van der Waals surface area contributed by atoms with Gasteiger partial charge in [0.1, 0.15) is 5.75 Å². The van der Waals surface area contributed by atoms with Crippen LogP contribution in [0.15, 0.2) is 36.4 Å². The van der Waals surface area contributed by atoms with Crippen molar-refractivity contribution in [2.24, 2.45) is 5.73 Å². The van der Waals surface area contributed by atoms with Crippen LogP contribution < -0.4 is 10.5 Å². The molecule has 0 aliphatic heterocycles. The molecule has 20 heavy (non-hydrogen) atoms. The van der Waals surface area contributed by atoms with E-state index in [1.165, 1.54) is 6.92 Å². The van der Waals surface area contributed by atoms with Gasteiger partial charge in [0.05, 0.1) is 5.56 Å². The molecule has 0 aliphatic carbocycles. The number of hydrogen-bond acceptors (Lipinski definition) is 3. The third-order valence-electron chi connectivity index (χ3n) is 3.21. The van der Waals surface area contributed by atoms with Crippen LogP contribution in [0.1, 0.15) is 30.6 Å². The molecule has 0 heterocycles. The molecule has 2 N–H and O–H groups in total. The number of Topliss-reactive ketones (excluding diaryl/α,β-unsaturated/α-hetero) is 1. The molecule has 0 bridgehead atoms. The average Bonchev–Trinajstić information content (AvgIpc) is 2.43. The second kappa shape index (κ2) is 5.74. The van der Waals surface area contributed by atoms with Crippen LogP contribution in [0.4, 0.5) is 0 Å². The molecule has 0 aromatic heterocycles. The number of carbonyl (C=O) groups excluding carboxylic acids is 2. The van der Waals surface area contributed by atoms with Crippen molar-refractivity contribution in [2.75, 3.05) is 0 Å². The Balaban J connectivity index is 2.60. The summed E-state index contributed by atoms with van der Waals surface area (Å²) in [6.45, 7) is 3.29. The van der Waals surface area contributed by atoms with Gasteiger partial charge in [-0.25, -0.2) is 0 Å². The molecule has 2 aromatic carbocycles. The minimum absolute atomic E-state index is 0.106. The van der Waals surface area contributed by atoms with Crippen molar-refractivity contribution >= 4 is 22.5 Å². The fourth-order valence-corrected chi connectivity index (χ4v) is 2.13. The van der Waals surface area contributed by atoms with Gasteiger partial charge in [0.15, 0.2) is 11.9 Å². The van der Waals surface area contributed by atoms with Crippen molar-refractivity contribution in [1.29, 1.82) is 0 Å². The lowest BCUT2D eigenvalue weighted by Gasteiger charge is -2.18. The van der Waals surface area contributed by atoms with E-state index in [0.29, 0.717) is 17.7 Å². The van der Waals surface area contributed by atoms with E-state index in [1.807, 2.05) is 37.3 Å². The van der Waals surface area contributed by atoms with E-state index in [2.05, 4.69) is 0 Å². The first-order valence-corrected chi connectivity index (χ1v) is 6.53. The minimum atomic E-state index is -0.737. The van der Waals surface area contributed by atoms with Crippen LogP contribution in [0.2, 0.25) is 0 Å². The van der Waals surface area contributed by atoms with Gasteiger partial charge in [-0.3, -0.25) is 9.59 Å². The Morgan fingerprint density at radius 2 is 1.90 bits per heavy atom. The number of amides is 1. The van der Waals surface area contributed by atoms with E-state index >= 15 is 0 Å². The van der Waals surface area contributed by atoms with Gasteiger partial charge in [0.25, 0.3) is 5.91 Å². The van der Waals surface area contributed by atoms with E-state index in [0.717, 1.165) is 10.8 Å². The third kappa shape index (κ3) is 2.64. The monoisotopic (exact) mass is 271 g/mol. The molecule has 0 saturated carbocycles. The smallest absolute Gasteiger partial charge is 0.258 e. The Bertz CT molecular complexity index is 664. The molecule has 4 nitrogen and oxygen atoms in total. The van der Waals surface area contributed by atoms with Crippen molar-refractivity contribution < 1.29 is 14.3 Å². The van der Waals surface area contributed by atoms with Gasteiger partial charge in [0, 0.05) is 5.39 Å². The number of rotatable bonds is 5. The van der Waals surface area contributed by atoms with E-state index in [9.17, 15) is 9.59 Å². The van der Waals surface area contributed by atoms with Crippen molar-refractivity contribution in [3.8, 4) is 5.75 Å². The number of benzene rings is 2. The van der Waals surface area contributed by atoms with Crippen LogP contribution in [0.5, 0.6) is 5.75 Å². The van der Waals surface area contributed by atoms with Gasteiger partial charge in [-0.2, -0.15) is 0 Å². The lowest BCUT2D eigenvalue weighted by atomic mass is 10.0. The van der Waals surface area contributed by atoms with Crippen molar-refractivity contribution in [2.45, 2.75) is 26.4 Å². The van der Waals surface area contributed by atoms with Gasteiger partial charge in [-0.15, -0.1) is 0 Å². The topological polar surface area (TPSA) is 69.4 Å². The van der Waals surface area contributed by atoms with Crippen LogP contribution in [0.3, 0.4) is 0 Å². The molecular weight excluding hydrogens is 254 g/mol. The summed E-state index contributed by atoms with van der Waals surface area (Å²) in [5.41, 5.74) is 5.78. The normalized spacial score (nSPS) is 12.1. The maximum absolute atomic E-state index is 11.8. The van der Waals surface area contributed by atoms with Crippen LogP contribution in [-0.4, -0.2) is 17.8 Å². The standard InChI is InChI=1S/C16H17NO3/c1-3-14(16(17)19)20-15-12(10(2)18)9-8-11-6-4-5-7-13(11)15/h4-9,14H,3H2,1-2H3,(H2,17,19). The number of primary amides is 1. The van der Waals surface area contributed by atoms with E-state index in [-0.39, 0.29) is 5.78 Å². The highest BCUT2D eigenvalue weighted by Crippen LogP contribution is 2.31. The molecule has 0 spiro atoms. The summed E-state index contributed by atoms with van der Waals surface area (Å²) in [5, 5.41) is 1.76. The lowest BCUT2D eigenvalue weighted by molar-refractivity contribution is -0.124.